The number of aryl methyl sites for hydroxylation is 2. The molecule has 1 aromatic heterocycles. The number of nitro groups is 1. The average molecular weight is 444 g/mol. The fourth-order valence-corrected chi connectivity index (χ4v) is 3.53. The Bertz CT molecular complexity index is 1380. The number of rotatable bonds is 6. The van der Waals surface area contributed by atoms with Crippen LogP contribution in [-0.4, -0.2) is 33.0 Å². The van der Waals surface area contributed by atoms with Crippen molar-refractivity contribution in [3.05, 3.63) is 93.8 Å². The van der Waals surface area contributed by atoms with E-state index in [1.54, 1.807) is 31.2 Å². The van der Waals surface area contributed by atoms with Gasteiger partial charge in [-0.2, -0.15) is 0 Å². The zero-order chi connectivity index (χ0) is 23.5. The molecule has 9 heteroatoms. The molecule has 0 aliphatic rings. The lowest BCUT2D eigenvalue weighted by molar-refractivity contribution is -0.384. The van der Waals surface area contributed by atoms with Crippen LogP contribution in [0, 0.1) is 24.0 Å². The predicted octanol–water partition coefficient (Wildman–Crippen LogP) is 4.35. The van der Waals surface area contributed by atoms with E-state index in [-0.39, 0.29) is 16.9 Å². The minimum atomic E-state index is -0.697. The van der Waals surface area contributed by atoms with E-state index in [0.29, 0.717) is 11.1 Å². The molecule has 0 saturated heterocycles. The van der Waals surface area contributed by atoms with E-state index in [1.165, 1.54) is 12.1 Å². The van der Waals surface area contributed by atoms with Crippen LogP contribution in [0.1, 0.15) is 21.7 Å². The summed E-state index contributed by atoms with van der Waals surface area (Å²) in [5, 5.41) is 13.6. The van der Waals surface area contributed by atoms with Gasteiger partial charge in [0.2, 0.25) is 0 Å². The van der Waals surface area contributed by atoms with Crippen molar-refractivity contribution in [3.63, 3.8) is 0 Å². The molecular weight excluding hydrogens is 424 g/mol. The number of nitrogens with one attached hydrogen (secondary N) is 1. The Morgan fingerprint density at radius 1 is 1.06 bits per heavy atom. The van der Waals surface area contributed by atoms with E-state index in [2.05, 4.69) is 10.3 Å². The van der Waals surface area contributed by atoms with Crippen LogP contribution in [0.25, 0.3) is 16.7 Å². The number of nitrogens with zero attached hydrogens (tertiary/aromatic N) is 3. The number of carbonyl (C=O) groups excluding carboxylic acids is 2. The Labute approximate surface area is 188 Å². The first kappa shape index (κ1) is 21.7. The van der Waals surface area contributed by atoms with E-state index in [0.717, 1.165) is 17.0 Å². The quantitative estimate of drug-likeness (QED) is 0.269. The zero-order valence-corrected chi connectivity index (χ0v) is 17.9. The number of esters is 1. The maximum Gasteiger partial charge on any atom is 0.338 e. The van der Waals surface area contributed by atoms with Crippen LogP contribution < -0.4 is 5.32 Å². The van der Waals surface area contributed by atoms with Gasteiger partial charge in [-0.05, 0) is 55.8 Å². The monoisotopic (exact) mass is 444 g/mol. The summed E-state index contributed by atoms with van der Waals surface area (Å²) in [4.78, 5) is 39.8. The van der Waals surface area contributed by atoms with Crippen LogP contribution in [0.15, 0.2) is 66.7 Å². The highest BCUT2D eigenvalue weighted by Gasteiger charge is 2.18. The summed E-state index contributed by atoms with van der Waals surface area (Å²) in [7, 11) is 0. The van der Waals surface area contributed by atoms with E-state index >= 15 is 0 Å². The summed E-state index contributed by atoms with van der Waals surface area (Å²) in [5.41, 5.74) is 3.14. The summed E-state index contributed by atoms with van der Waals surface area (Å²) in [6, 6.07) is 19.1. The van der Waals surface area contributed by atoms with Crippen molar-refractivity contribution < 1.29 is 19.2 Å². The molecule has 0 radical (unpaired) electrons. The Morgan fingerprint density at radius 3 is 2.55 bits per heavy atom. The second-order valence-corrected chi connectivity index (χ2v) is 7.44. The number of benzene rings is 3. The molecule has 1 heterocycles. The maximum absolute atomic E-state index is 12.5. The number of hydrogen-bond acceptors (Lipinski definition) is 6. The minimum absolute atomic E-state index is 0.0370. The second kappa shape index (κ2) is 8.91. The fraction of sp³-hybridized carbons (Fsp3) is 0.125. The highest BCUT2D eigenvalue weighted by atomic mass is 16.6. The highest BCUT2D eigenvalue weighted by Crippen LogP contribution is 2.25. The van der Waals surface area contributed by atoms with Crippen molar-refractivity contribution in [2.75, 3.05) is 11.9 Å². The molecule has 0 fully saturated rings. The number of fused-ring (bicyclic) bond motifs is 1. The number of imidazole rings is 1. The molecule has 0 atom stereocenters. The van der Waals surface area contributed by atoms with Crippen LogP contribution in [-0.2, 0) is 9.53 Å². The number of ether oxygens (including phenoxy) is 1. The van der Waals surface area contributed by atoms with Gasteiger partial charge < -0.3 is 10.1 Å². The first-order valence-electron chi connectivity index (χ1n) is 10.1. The van der Waals surface area contributed by atoms with Gasteiger partial charge in [0, 0.05) is 11.8 Å². The lowest BCUT2D eigenvalue weighted by Gasteiger charge is -2.08. The first-order valence-corrected chi connectivity index (χ1v) is 10.1. The smallest absolute Gasteiger partial charge is 0.338 e. The summed E-state index contributed by atoms with van der Waals surface area (Å²) < 4.78 is 7.08. The van der Waals surface area contributed by atoms with Gasteiger partial charge >= 0.3 is 5.97 Å². The third kappa shape index (κ3) is 4.57. The molecule has 3 aromatic carbocycles. The van der Waals surface area contributed by atoms with Crippen LogP contribution in [0.3, 0.4) is 0 Å². The highest BCUT2D eigenvalue weighted by molar-refractivity contribution is 5.98. The molecular formula is C24H20N4O5. The lowest BCUT2D eigenvalue weighted by Crippen LogP contribution is -2.21. The first-order chi connectivity index (χ1) is 15.8. The van der Waals surface area contributed by atoms with Crippen molar-refractivity contribution in [1.29, 1.82) is 0 Å². The number of carbonyl (C=O) groups is 2. The van der Waals surface area contributed by atoms with Crippen LogP contribution >= 0.6 is 0 Å². The van der Waals surface area contributed by atoms with E-state index in [9.17, 15) is 19.7 Å². The molecule has 0 spiro atoms. The largest absolute Gasteiger partial charge is 0.452 e. The fourth-order valence-electron chi connectivity index (χ4n) is 3.53. The van der Waals surface area contributed by atoms with Gasteiger partial charge in [-0.1, -0.05) is 24.3 Å². The van der Waals surface area contributed by atoms with Gasteiger partial charge in [-0.3, -0.25) is 19.5 Å². The van der Waals surface area contributed by atoms with Crippen LogP contribution in [0.5, 0.6) is 0 Å². The number of anilines is 1. The predicted molar refractivity (Wildman–Crippen MR) is 123 cm³/mol. The van der Waals surface area contributed by atoms with Gasteiger partial charge in [0.25, 0.3) is 11.6 Å². The molecule has 0 aliphatic heterocycles. The molecule has 4 rings (SSSR count). The molecule has 33 heavy (non-hydrogen) atoms. The summed E-state index contributed by atoms with van der Waals surface area (Å²) >= 11 is 0. The van der Waals surface area contributed by atoms with Crippen LogP contribution in [0.4, 0.5) is 11.4 Å². The zero-order valence-electron chi connectivity index (χ0n) is 17.9. The molecule has 0 saturated carbocycles. The lowest BCUT2D eigenvalue weighted by atomic mass is 10.2. The molecule has 0 aliphatic carbocycles. The standard InChI is InChI=1S/C24H20N4O5/c1-15-8-10-19(22(12-15)28(31)32)26-23(29)14-33-24(30)17-9-11-21-20(13-17)25-16(2)27(21)18-6-4-3-5-7-18/h3-13H,14H2,1-2H3,(H,26,29). The number of para-hydroxylation sites is 1. The van der Waals surface area contributed by atoms with Crippen molar-refractivity contribution in [1.82, 2.24) is 9.55 Å². The Balaban J connectivity index is 1.46. The molecule has 4 aromatic rings. The number of hydrogen-bond donors (Lipinski definition) is 1. The molecule has 1 amide bonds. The topological polar surface area (TPSA) is 116 Å². The van der Waals surface area contributed by atoms with Gasteiger partial charge in [-0.25, -0.2) is 9.78 Å². The molecule has 166 valence electrons. The van der Waals surface area contributed by atoms with Crippen molar-refractivity contribution in [3.8, 4) is 5.69 Å². The van der Waals surface area contributed by atoms with E-state index < -0.39 is 23.4 Å². The third-order valence-electron chi connectivity index (χ3n) is 5.03. The van der Waals surface area contributed by atoms with Crippen LogP contribution in [0.2, 0.25) is 0 Å². The maximum atomic E-state index is 12.5. The third-order valence-corrected chi connectivity index (χ3v) is 5.03. The Kier molecular flexibility index (Phi) is 5.86. The minimum Gasteiger partial charge on any atom is -0.452 e. The van der Waals surface area contributed by atoms with Crippen molar-refractivity contribution in [2.24, 2.45) is 0 Å². The Hall–Kier alpha value is -4.53. The van der Waals surface area contributed by atoms with Gasteiger partial charge in [-0.15, -0.1) is 0 Å². The SMILES string of the molecule is Cc1ccc(NC(=O)COC(=O)c2ccc3c(c2)nc(C)n3-c2ccccc2)c([N+](=O)[O-])c1. The summed E-state index contributed by atoms with van der Waals surface area (Å²) in [6.45, 7) is 3.00. The van der Waals surface area contributed by atoms with Gasteiger partial charge in [0.1, 0.15) is 11.5 Å². The number of aromatic nitrogens is 2. The van der Waals surface area contributed by atoms with E-state index in [1.807, 2.05) is 41.8 Å². The summed E-state index contributed by atoms with van der Waals surface area (Å²) in [5.74, 6) is -0.612. The molecule has 0 bridgehead atoms. The normalized spacial score (nSPS) is 10.7. The van der Waals surface area contributed by atoms with Crippen molar-refractivity contribution >= 4 is 34.3 Å². The van der Waals surface area contributed by atoms with Crippen molar-refractivity contribution in [2.45, 2.75) is 13.8 Å². The van der Waals surface area contributed by atoms with E-state index in [4.69, 9.17) is 4.74 Å². The number of amides is 1. The molecule has 1 N–H and O–H groups in total. The van der Waals surface area contributed by atoms with Gasteiger partial charge in [0.05, 0.1) is 21.5 Å². The molecule has 0 unspecified atom stereocenters. The molecule has 9 nitrogen and oxygen atoms in total. The summed E-state index contributed by atoms with van der Waals surface area (Å²) in [6.07, 6.45) is 0. The average Bonchev–Trinajstić information content (AvgIpc) is 3.13. The van der Waals surface area contributed by atoms with Gasteiger partial charge in [0.15, 0.2) is 6.61 Å². The number of nitro benzene ring substituents is 1. The Morgan fingerprint density at radius 2 is 1.82 bits per heavy atom. The second-order valence-electron chi connectivity index (χ2n) is 7.44.